The predicted molar refractivity (Wildman–Crippen MR) is 84.3 cm³/mol. The maximum absolute atomic E-state index is 12.2. The van der Waals surface area contributed by atoms with E-state index in [4.69, 9.17) is 5.11 Å². The third-order valence-electron chi connectivity index (χ3n) is 3.20. The monoisotopic (exact) mass is 279 g/mol. The second kappa shape index (κ2) is 6.74. The van der Waals surface area contributed by atoms with Crippen LogP contribution in [0.5, 0.6) is 0 Å². The Morgan fingerprint density at radius 2 is 1.95 bits per heavy atom. The lowest BCUT2D eigenvalue weighted by molar-refractivity contribution is 0.102. The number of aryl methyl sites for hydroxylation is 2. The summed E-state index contributed by atoms with van der Waals surface area (Å²) < 4.78 is 0. The van der Waals surface area contributed by atoms with Crippen LogP contribution in [0.3, 0.4) is 0 Å². The van der Waals surface area contributed by atoms with Gasteiger partial charge in [-0.25, -0.2) is 0 Å². The van der Waals surface area contributed by atoms with E-state index in [1.165, 1.54) is 5.56 Å². The van der Waals surface area contributed by atoms with Gasteiger partial charge in [0.25, 0.3) is 5.91 Å². The fourth-order valence-electron chi connectivity index (χ4n) is 1.90. The van der Waals surface area contributed by atoms with E-state index in [-0.39, 0.29) is 12.5 Å². The van der Waals surface area contributed by atoms with Crippen molar-refractivity contribution < 1.29 is 9.90 Å². The van der Waals surface area contributed by atoms with Crippen LogP contribution < -0.4 is 5.32 Å². The first-order valence-electron chi connectivity index (χ1n) is 6.68. The van der Waals surface area contributed by atoms with E-state index in [1.54, 1.807) is 24.3 Å². The molecule has 21 heavy (non-hydrogen) atoms. The van der Waals surface area contributed by atoms with Crippen LogP contribution in [0.15, 0.2) is 42.5 Å². The summed E-state index contributed by atoms with van der Waals surface area (Å²) in [5, 5.41) is 11.6. The maximum atomic E-state index is 12.2. The summed E-state index contributed by atoms with van der Waals surface area (Å²) in [5.41, 5.74) is 4.34. The van der Waals surface area contributed by atoms with E-state index < -0.39 is 0 Å². The Bertz CT molecular complexity index is 723. The summed E-state index contributed by atoms with van der Waals surface area (Å²) in [6.45, 7) is 3.85. The standard InChI is InChI=1S/C18H17NO2/c1-13-8-9-17(11-14(13)2)19-18(21)16-7-3-5-15(12-16)6-4-10-20/h3,5,7-9,11-12,20H,10H2,1-2H3,(H,19,21). The average Bonchev–Trinajstić information content (AvgIpc) is 2.49. The summed E-state index contributed by atoms with van der Waals surface area (Å²) in [5.74, 6) is 5.18. The van der Waals surface area contributed by atoms with Crippen molar-refractivity contribution in [3.8, 4) is 11.8 Å². The molecule has 0 atom stereocenters. The highest BCUT2D eigenvalue weighted by Crippen LogP contribution is 2.15. The summed E-state index contributed by atoms with van der Waals surface area (Å²) >= 11 is 0. The molecule has 2 rings (SSSR count). The second-order valence-electron chi connectivity index (χ2n) is 4.79. The summed E-state index contributed by atoms with van der Waals surface area (Å²) in [6.07, 6.45) is 0. The minimum Gasteiger partial charge on any atom is -0.384 e. The Balaban J connectivity index is 2.18. The molecule has 106 valence electrons. The Hall–Kier alpha value is -2.57. The number of hydrogen-bond donors (Lipinski definition) is 2. The van der Waals surface area contributed by atoms with Crippen molar-refractivity contribution in [3.63, 3.8) is 0 Å². The van der Waals surface area contributed by atoms with Crippen LogP contribution in [0, 0.1) is 25.7 Å². The quantitative estimate of drug-likeness (QED) is 0.830. The van der Waals surface area contributed by atoms with Crippen LogP contribution in [0.25, 0.3) is 0 Å². The van der Waals surface area contributed by atoms with Crippen LogP contribution in [0.1, 0.15) is 27.0 Å². The number of nitrogens with one attached hydrogen (secondary N) is 1. The number of carbonyl (C=O) groups excluding carboxylic acids is 1. The van der Waals surface area contributed by atoms with Crippen LogP contribution in [-0.4, -0.2) is 17.6 Å². The summed E-state index contributed by atoms with van der Waals surface area (Å²) in [7, 11) is 0. The topological polar surface area (TPSA) is 49.3 Å². The molecule has 0 aliphatic heterocycles. The molecule has 1 amide bonds. The highest BCUT2D eigenvalue weighted by Gasteiger charge is 2.07. The molecule has 0 heterocycles. The van der Waals surface area contributed by atoms with Gasteiger partial charge < -0.3 is 10.4 Å². The molecule has 0 radical (unpaired) electrons. The van der Waals surface area contributed by atoms with Gasteiger partial charge in [-0.2, -0.15) is 0 Å². The fraction of sp³-hybridized carbons (Fsp3) is 0.167. The molecule has 0 spiro atoms. The third-order valence-corrected chi connectivity index (χ3v) is 3.20. The Morgan fingerprint density at radius 3 is 2.67 bits per heavy atom. The highest BCUT2D eigenvalue weighted by atomic mass is 16.2. The zero-order chi connectivity index (χ0) is 15.2. The molecule has 2 aromatic rings. The Kier molecular flexibility index (Phi) is 4.76. The SMILES string of the molecule is Cc1ccc(NC(=O)c2cccc(C#CCO)c2)cc1C. The van der Waals surface area contributed by atoms with Crippen LogP contribution >= 0.6 is 0 Å². The van der Waals surface area contributed by atoms with Crippen molar-refractivity contribution in [2.45, 2.75) is 13.8 Å². The van der Waals surface area contributed by atoms with Gasteiger partial charge in [0.1, 0.15) is 6.61 Å². The van der Waals surface area contributed by atoms with Crippen molar-refractivity contribution >= 4 is 11.6 Å². The lowest BCUT2D eigenvalue weighted by Crippen LogP contribution is -2.12. The van der Waals surface area contributed by atoms with Crippen molar-refractivity contribution in [2.24, 2.45) is 0 Å². The smallest absolute Gasteiger partial charge is 0.255 e. The van der Waals surface area contributed by atoms with Crippen LogP contribution in [-0.2, 0) is 0 Å². The number of aliphatic hydroxyl groups excluding tert-OH is 1. The lowest BCUT2D eigenvalue weighted by Gasteiger charge is -2.08. The molecule has 0 unspecified atom stereocenters. The molecule has 0 saturated carbocycles. The Labute approximate surface area is 124 Å². The van der Waals surface area contributed by atoms with Crippen LogP contribution in [0.2, 0.25) is 0 Å². The van der Waals surface area contributed by atoms with Gasteiger partial charge >= 0.3 is 0 Å². The molecule has 0 saturated heterocycles. The normalized spacial score (nSPS) is 9.67. The van der Waals surface area contributed by atoms with Gasteiger partial charge in [0.15, 0.2) is 0 Å². The molecular formula is C18H17NO2. The maximum Gasteiger partial charge on any atom is 0.255 e. The molecule has 0 bridgehead atoms. The molecular weight excluding hydrogens is 262 g/mol. The van der Waals surface area contributed by atoms with Crippen molar-refractivity contribution in [3.05, 3.63) is 64.7 Å². The van der Waals surface area contributed by atoms with Crippen LogP contribution in [0.4, 0.5) is 5.69 Å². The molecule has 3 heteroatoms. The number of amides is 1. The fourth-order valence-corrected chi connectivity index (χ4v) is 1.90. The zero-order valence-corrected chi connectivity index (χ0v) is 12.1. The summed E-state index contributed by atoms with van der Waals surface area (Å²) in [6, 6.07) is 12.8. The van der Waals surface area contributed by atoms with E-state index in [2.05, 4.69) is 17.2 Å². The van der Waals surface area contributed by atoms with Gasteiger partial charge in [-0.15, -0.1) is 0 Å². The number of benzene rings is 2. The number of anilines is 1. The second-order valence-corrected chi connectivity index (χ2v) is 4.79. The van der Waals surface area contributed by atoms with E-state index in [1.807, 2.05) is 32.0 Å². The first-order chi connectivity index (χ1) is 10.1. The zero-order valence-electron chi connectivity index (χ0n) is 12.1. The van der Waals surface area contributed by atoms with E-state index in [9.17, 15) is 4.79 Å². The molecule has 0 aliphatic carbocycles. The number of hydrogen-bond acceptors (Lipinski definition) is 2. The lowest BCUT2D eigenvalue weighted by atomic mass is 10.1. The van der Waals surface area contributed by atoms with Gasteiger partial charge in [0.05, 0.1) is 0 Å². The first-order valence-corrected chi connectivity index (χ1v) is 6.68. The minimum atomic E-state index is -0.195. The average molecular weight is 279 g/mol. The molecule has 0 aliphatic rings. The molecule has 2 aromatic carbocycles. The van der Waals surface area contributed by atoms with Gasteiger partial charge in [0, 0.05) is 16.8 Å². The largest absolute Gasteiger partial charge is 0.384 e. The molecule has 3 nitrogen and oxygen atoms in total. The summed E-state index contributed by atoms with van der Waals surface area (Å²) in [4.78, 5) is 12.2. The number of rotatable bonds is 2. The van der Waals surface area contributed by atoms with Crippen molar-refractivity contribution in [1.29, 1.82) is 0 Å². The van der Waals surface area contributed by atoms with Gasteiger partial charge in [0.2, 0.25) is 0 Å². The van der Waals surface area contributed by atoms with Crippen molar-refractivity contribution in [1.82, 2.24) is 0 Å². The van der Waals surface area contributed by atoms with Gasteiger partial charge in [-0.1, -0.05) is 24.0 Å². The van der Waals surface area contributed by atoms with E-state index in [0.29, 0.717) is 11.1 Å². The Morgan fingerprint density at radius 1 is 1.14 bits per heavy atom. The van der Waals surface area contributed by atoms with Gasteiger partial charge in [-0.05, 0) is 55.3 Å². The number of aliphatic hydroxyl groups is 1. The molecule has 0 fully saturated rings. The molecule has 0 aromatic heterocycles. The van der Waals surface area contributed by atoms with E-state index >= 15 is 0 Å². The van der Waals surface area contributed by atoms with Gasteiger partial charge in [-0.3, -0.25) is 4.79 Å². The molecule has 2 N–H and O–H groups in total. The van der Waals surface area contributed by atoms with Crippen molar-refractivity contribution in [2.75, 3.05) is 11.9 Å². The van der Waals surface area contributed by atoms with E-state index in [0.717, 1.165) is 11.3 Å². The highest BCUT2D eigenvalue weighted by molar-refractivity contribution is 6.04. The predicted octanol–water partition coefficient (Wildman–Crippen LogP) is 2.90. The minimum absolute atomic E-state index is 0.175. The first kappa shape index (κ1) is 14.8. The number of carbonyl (C=O) groups is 1. The third kappa shape index (κ3) is 3.95.